The minimum Gasteiger partial charge on any atom is -0.497 e. The van der Waals surface area contributed by atoms with Gasteiger partial charge < -0.3 is 9.64 Å². The molecule has 0 aromatic heterocycles. The number of methoxy groups -OCH3 is 1. The van der Waals surface area contributed by atoms with E-state index in [4.69, 9.17) is 16.3 Å². The van der Waals surface area contributed by atoms with E-state index in [2.05, 4.69) is 0 Å². The van der Waals surface area contributed by atoms with E-state index in [1.165, 1.54) is 12.1 Å². The predicted octanol–water partition coefficient (Wildman–Crippen LogP) is 5.56. The Morgan fingerprint density at radius 1 is 1.04 bits per heavy atom. The number of Topliss-reactive ketones (excluding diaryl/α,β-unsaturated/α-hetero) is 1. The lowest BCUT2D eigenvalue weighted by molar-refractivity contribution is 0.0994. The van der Waals surface area contributed by atoms with Gasteiger partial charge in [-0.3, -0.25) is 4.79 Å². The average molecular weight is 382 g/mol. The van der Waals surface area contributed by atoms with Gasteiger partial charge in [0.15, 0.2) is 5.78 Å². The number of halogens is 2. The van der Waals surface area contributed by atoms with Crippen molar-refractivity contribution in [1.29, 1.82) is 0 Å². The van der Waals surface area contributed by atoms with Crippen molar-refractivity contribution < 1.29 is 13.9 Å². The molecule has 0 spiro atoms. The van der Waals surface area contributed by atoms with Crippen LogP contribution in [0.3, 0.4) is 0 Å². The van der Waals surface area contributed by atoms with Gasteiger partial charge in [-0.25, -0.2) is 4.39 Å². The second-order valence-corrected chi connectivity index (χ2v) is 6.91. The fraction of sp³-hybridized carbons (Fsp3) is 0.136. The highest BCUT2D eigenvalue weighted by Crippen LogP contribution is 2.38. The van der Waals surface area contributed by atoms with Crippen LogP contribution in [-0.2, 0) is 13.0 Å². The lowest BCUT2D eigenvalue weighted by atomic mass is 10.0. The van der Waals surface area contributed by atoms with Gasteiger partial charge in [-0.05, 0) is 59.7 Å². The highest BCUT2D eigenvalue weighted by molar-refractivity contribution is 6.30. The molecule has 136 valence electrons. The van der Waals surface area contributed by atoms with Gasteiger partial charge in [0, 0.05) is 29.2 Å². The predicted molar refractivity (Wildman–Crippen MR) is 105 cm³/mol. The smallest absolute Gasteiger partial charge is 0.169 e. The molecular formula is C22H17ClFNO2. The number of carbonyl (C=O) groups is 1. The molecule has 3 aromatic carbocycles. The first-order valence-corrected chi connectivity index (χ1v) is 8.94. The van der Waals surface area contributed by atoms with Crippen molar-refractivity contribution in [2.45, 2.75) is 13.0 Å². The molecule has 0 unspecified atom stereocenters. The molecule has 1 aliphatic rings. The zero-order valence-electron chi connectivity index (χ0n) is 14.7. The molecule has 4 rings (SSSR count). The summed E-state index contributed by atoms with van der Waals surface area (Å²) in [5.74, 6) is 0.236. The molecule has 5 heteroatoms. The van der Waals surface area contributed by atoms with Crippen molar-refractivity contribution >= 4 is 28.8 Å². The molecule has 0 bridgehead atoms. The van der Waals surface area contributed by atoms with Crippen LogP contribution in [-0.4, -0.2) is 12.9 Å². The number of fused-ring (bicyclic) bond motifs is 2. The normalized spacial score (nSPS) is 13.0. The second kappa shape index (κ2) is 7.05. The van der Waals surface area contributed by atoms with Gasteiger partial charge >= 0.3 is 0 Å². The van der Waals surface area contributed by atoms with Crippen molar-refractivity contribution in [1.82, 2.24) is 0 Å². The lowest BCUT2D eigenvalue weighted by Crippen LogP contribution is -2.18. The average Bonchev–Trinajstić information content (AvgIpc) is 2.77. The molecule has 0 saturated carbocycles. The summed E-state index contributed by atoms with van der Waals surface area (Å²) in [5, 5.41) is 0.572. The van der Waals surface area contributed by atoms with Crippen molar-refractivity contribution in [2.24, 2.45) is 0 Å². The molecule has 1 heterocycles. The maximum atomic E-state index is 13.8. The summed E-state index contributed by atoms with van der Waals surface area (Å²) < 4.78 is 19.0. The number of ether oxygens (including phenoxy) is 1. The van der Waals surface area contributed by atoms with Gasteiger partial charge in [0.1, 0.15) is 11.6 Å². The molecule has 0 radical (unpaired) electrons. The van der Waals surface area contributed by atoms with Crippen LogP contribution in [0.4, 0.5) is 15.8 Å². The molecule has 0 amide bonds. The Bertz CT molecular complexity index is 1020. The van der Waals surface area contributed by atoms with Crippen LogP contribution < -0.4 is 9.64 Å². The van der Waals surface area contributed by atoms with Crippen LogP contribution in [0.2, 0.25) is 5.02 Å². The van der Waals surface area contributed by atoms with Crippen molar-refractivity contribution in [2.75, 3.05) is 12.0 Å². The molecule has 0 fully saturated rings. The van der Waals surface area contributed by atoms with Gasteiger partial charge in [-0.15, -0.1) is 0 Å². The number of nitrogens with zero attached hydrogens (tertiary/aromatic N) is 1. The van der Waals surface area contributed by atoms with Crippen LogP contribution in [0, 0.1) is 5.82 Å². The topological polar surface area (TPSA) is 29.5 Å². The zero-order chi connectivity index (χ0) is 19.0. The maximum Gasteiger partial charge on any atom is 0.169 e. The Balaban J connectivity index is 1.85. The number of ketones is 1. The first-order chi connectivity index (χ1) is 13.0. The van der Waals surface area contributed by atoms with E-state index in [0.717, 1.165) is 22.6 Å². The fourth-order valence-electron chi connectivity index (χ4n) is 3.41. The largest absolute Gasteiger partial charge is 0.497 e. The monoisotopic (exact) mass is 381 g/mol. The third-order valence-corrected chi connectivity index (χ3v) is 4.97. The summed E-state index contributed by atoms with van der Waals surface area (Å²) in [6, 6.07) is 17.6. The van der Waals surface area contributed by atoms with Crippen LogP contribution in [0.5, 0.6) is 5.75 Å². The summed E-state index contributed by atoms with van der Waals surface area (Å²) in [7, 11) is 1.63. The van der Waals surface area contributed by atoms with Crippen molar-refractivity contribution in [3.05, 3.63) is 88.2 Å². The maximum absolute atomic E-state index is 13.8. The summed E-state index contributed by atoms with van der Waals surface area (Å²) in [6.45, 7) is 0.532. The van der Waals surface area contributed by atoms with E-state index >= 15 is 0 Å². The first-order valence-electron chi connectivity index (χ1n) is 8.57. The summed E-state index contributed by atoms with van der Waals surface area (Å²) >= 11 is 6.15. The second-order valence-electron chi connectivity index (χ2n) is 6.47. The molecule has 3 aromatic rings. The number of benzene rings is 3. The van der Waals surface area contributed by atoms with E-state index < -0.39 is 5.82 Å². The Morgan fingerprint density at radius 3 is 2.52 bits per heavy atom. The Morgan fingerprint density at radius 2 is 1.78 bits per heavy atom. The van der Waals surface area contributed by atoms with E-state index in [1.54, 1.807) is 25.3 Å². The van der Waals surface area contributed by atoms with Crippen LogP contribution in [0.25, 0.3) is 0 Å². The molecule has 0 atom stereocenters. The van der Waals surface area contributed by atoms with E-state index in [0.29, 0.717) is 22.8 Å². The molecule has 0 saturated heterocycles. The number of hydrogen-bond donors (Lipinski definition) is 0. The molecule has 27 heavy (non-hydrogen) atoms. The molecule has 0 aliphatic carbocycles. The van der Waals surface area contributed by atoms with E-state index in [-0.39, 0.29) is 12.2 Å². The summed E-state index contributed by atoms with van der Waals surface area (Å²) in [6.07, 6.45) is 0.186. The van der Waals surface area contributed by atoms with Crippen LogP contribution in [0.1, 0.15) is 21.5 Å². The fourth-order valence-corrected chi connectivity index (χ4v) is 3.60. The van der Waals surface area contributed by atoms with Gasteiger partial charge in [0.05, 0.1) is 12.8 Å². The number of carbonyl (C=O) groups excluding carboxylic acids is 1. The lowest BCUT2D eigenvalue weighted by Gasteiger charge is -2.27. The Hall–Kier alpha value is -2.85. The number of anilines is 2. The third kappa shape index (κ3) is 3.40. The van der Waals surface area contributed by atoms with Gasteiger partial charge in [0.2, 0.25) is 0 Å². The van der Waals surface area contributed by atoms with Crippen molar-refractivity contribution in [3.8, 4) is 5.75 Å². The quantitative estimate of drug-likeness (QED) is 0.594. The minimum atomic E-state index is -0.421. The highest BCUT2D eigenvalue weighted by Gasteiger charge is 2.26. The van der Waals surface area contributed by atoms with Gasteiger partial charge in [-0.1, -0.05) is 23.7 Å². The standard InChI is InChI=1S/C22H17ClFNO2/c1-27-18-6-2-14(3-7-18)13-25-20-8-4-16(23)10-15(20)11-22(26)19-12-17(24)5-9-21(19)25/h2-10,12H,11,13H2,1H3. The highest BCUT2D eigenvalue weighted by atomic mass is 35.5. The van der Waals surface area contributed by atoms with Crippen molar-refractivity contribution in [3.63, 3.8) is 0 Å². The van der Waals surface area contributed by atoms with E-state index in [1.807, 2.05) is 35.2 Å². The first kappa shape index (κ1) is 17.6. The molecular weight excluding hydrogens is 365 g/mol. The van der Waals surface area contributed by atoms with Gasteiger partial charge in [0.25, 0.3) is 0 Å². The Kier molecular flexibility index (Phi) is 4.58. The Labute approximate surface area is 162 Å². The van der Waals surface area contributed by atoms with Gasteiger partial charge in [-0.2, -0.15) is 0 Å². The third-order valence-electron chi connectivity index (χ3n) is 4.73. The molecule has 1 aliphatic heterocycles. The number of rotatable bonds is 3. The molecule has 3 nitrogen and oxygen atoms in total. The van der Waals surface area contributed by atoms with Crippen LogP contribution in [0.15, 0.2) is 60.7 Å². The SMILES string of the molecule is COc1ccc(CN2c3ccc(Cl)cc3CC(=O)c3cc(F)ccc32)cc1. The molecule has 0 N–H and O–H groups in total. The van der Waals surface area contributed by atoms with E-state index in [9.17, 15) is 9.18 Å². The van der Waals surface area contributed by atoms with Crippen LogP contribution >= 0.6 is 11.6 Å². The summed E-state index contributed by atoms with van der Waals surface area (Å²) in [4.78, 5) is 14.8. The zero-order valence-corrected chi connectivity index (χ0v) is 15.5. The number of hydrogen-bond acceptors (Lipinski definition) is 3. The minimum absolute atomic E-state index is 0.120. The summed E-state index contributed by atoms with van der Waals surface area (Å²) in [5.41, 5.74) is 3.85.